The summed E-state index contributed by atoms with van der Waals surface area (Å²) in [5.41, 5.74) is 0. The Labute approximate surface area is 96.9 Å². The second-order valence-electron chi connectivity index (χ2n) is 5.10. The topological polar surface area (TPSA) is 54.5 Å². The van der Waals surface area contributed by atoms with E-state index in [2.05, 4.69) is 6.92 Å². The van der Waals surface area contributed by atoms with Gasteiger partial charge in [-0.15, -0.1) is 0 Å². The average Bonchev–Trinajstić information content (AvgIpc) is 2.64. The van der Waals surface area contributed by atoms with Gasteiger partial charge in [-0.25, -0.2) is 8.42 Å². The van der Waals surface area contributed by atoms with Crippen molar-refractivity contribution in [3.8, 4) is 0 Å². The third-order valence-electron chi connectivity index (χ3n) is 3.64. The molecule has 0 N–H and O–H groups in total. The van der Waals surface area contributed by atoms with Gasteiger partial charge in [-0.1, -0.05) is 6.92 Å². The first-order valence-corrected chi connectivity index (χ1v) is 7.79. The molecule has 0 saturated carbocycles. The van der Waals surface area contributed by atoms with Gasteiger partial charge in [0.1, 0.15) is 9.84 Å². The van der Waals surface area contributed by atoms with Crippen LogP contribution in [0.2, 0.25) is 0 Å². The van der Waals surface area contributed by atoms with Crippen LogP contribution in [-0.4, -0.2) is 43.8 Å². The van der Waals surface area contributed by atoms with Gasteiger partial charge in [-0.2, -0.15) is 0 Å². The summed E-state index contributed by atoms with van der Waals surface area (Å²) in [5, 5.41) is 0. The van der Waals surface area contributed by atoms with Crippen LogP contribution in [0.3, 0.4) is 0 Å². The van der Waals surface area contributed by atoms with E-state index in [0.717, 1.165) is 19.5 Å². The van der Waals surface area contributed by atoms with Gasteiger partial charge in [-0.05, 0) is 25.2 Å². The molecule has 1 atom stereocenters. The quantitative estimate of drug-likeness (QED) is 0.682. The van der Waals surface area contributed by atoms with E-state index in [1.807, 2.05) is 4.90 Å². The second-order valence-corrected chi connectivity index (χ2v) is 7.41. The summed E-state index contributed by atoms with van der Waals surface area (Å²) in [6.07, 6.45) is 2.12. The molecule has 0 unspecified atom stereocenters. The Hall–Kier alpha value is -0.580. The Balaban J connectivity index is 1.92. The zero-order chi connectivity index (χ0) is 11.8. The Morgan fingerprint density at radius 2 is 1.81 bits per heavy atom. The van der Waals surface area contributed by atoms with Crippen molar-refractivity contribution >= 4 is 15.7 Å². The molecule has 2 heterocycles. The van der Waals surface area contributed by atoms with Crippen molar-refractivity contribution in [1.29, 1.82) is 0 Å². The van der Waals surface area contributed by atoms with Crippen molar-refractivity contribution in [3.63, 3.8) is 0 Å². The molecule has 2 saturated heterocycles. The Morgan fingerprint density at radius 1 is 1.19 bits per heavy atom. The van der Waals surface area contributed by atoms with Gasteiger partial charge >= 0.3 is 0 Å². The number of sulfone groups is 1. The number of amides is 1. The van der Waals surface area contributed by atoms with Crippen LogP contribution < -0.4 is 0 Å². The normalized spacial score (nSPS) is 30.6. The van der Waals surface area contributed by atoms with Crippen LogP contribution >= 0.6 is 0 Å². The van der Waals surface area contributed by atoms with Crippen molar-refractivity contribution in [2.45, 2.75) is 26.2 Å². The van der Waals surface area contributed by atoms with Gasteiger partial charge < -0.3 is 4.90 Å². The summed E-state index contributed by atoms with van der Waals surface area (Å²) in [4.78, 5) is 14.0. The minimum absolute atomic E-state index is 0.0474. The van der Waals surface area contributed by atoms with Gasteiger partial charge in [0.15, 0.2) is 0 Å². The Kier molecular flexibility index (Phi) is 3.24. The molecule has 2 fully saturated rings. The van der Waals surface area contributed by atoms with Crippen LogP contribution in [0.1, 0.15) is 26.2 Å². The Bertz CT molecular complexity index is 363. The van der Waals surface area contributed by atoms with Crippen LogP contribution in [-0.2, 0) is 14.6 Å². The lowest BCUT2D eigenvalue weighted by Crippen LogP contribution is -2.38. The van der Waals surface area contributed by atoms with Crippen LogP contribution in [0, 0.1) is 11.8 Å². The lowest BCUT2D eigenvalue weighted by molar-refractivity contribution is -0.134. The van der Waals surface area contributed by atoms with E-state index < -0.39 is 9.84 Å². The first-order chi connectivity index (χ1) is 7.48. The summed E-state index contributed by atoms with van der Waals surface area (Å²) >= 11 is 0. The highest BCUT2D eigenvalue weighted by Gasteiger charge is 2.33. The molecule has 92 valence electrons. The molecule has 0 aromatic rings. The first-order valence-electron chi connectivity index (χ1n) is 5.97. The van der Waals surface area contributed by atoms with E-state index in [9.17, 15) is 13.2 Å². The summed E-state index contributed by atoms with van der Waals surface area (Å²) < 4.78 is 22.5. The minimum atomic E-state index is -2.85. The Morgan fingerprint density at radius 3 is 2.31 bits per heavy atom. The predicted octanol–water partition coefficient (Wildman–Crippen LogP) is 0.680. The van der Waals surface area contributed by atoms with Crippen molar-refractivity contribution in [2.24, 2.45) is 11.8 Å². The first kappa shape index (κ1) is 11.9. The molecule has 0 aromatic carbocycles. The number of hydrogen-bond acceptors (Lipinski definition) is 3. The van der Waals surface area contributed by atoms with E-state index >= 15 is 0 Å². The molecule has 0 aliphatic carbocycles. The SMILES string of the molecule is C[C@H]1CCN(C(=O)C2CCS(=O)(=O)CC2)C1. The highest BCUT2D eigenvalue weighted by Crippen LogP contribution is 2.24. The molecule has 0 aromatic heterocycles. The molecule has 2 aliphatic heterocycles. The van der Waals surface area contributed by atoms with Crippen LogP contribution in [0.15, 0.2) is 0 Å². The highest BCUT2D eigenvalue weighted by atomic mass is 32.2. The van der Waals surface area contributed by atoms with E-state index in [0.29, 0.717) is 18.8 Å². The molecular weight excluding hydrogens is 226 g/mol. The maximum Gasteiger partial charge on any atom is 0.225 e. The fourth-order valence-electron chi connectivity index (χ4n) is 2.53. The molecule has 0 radical (unpaired) electrons. The van der Waals surface area contributed by atoms with Gasteiger partial charge in [0.2, 0.25) is 5.91 Å². The van der Waals surface area contributed by atoms with Crippen LogP contribution in [0.5, 0.6) is 0 Å². The zero-order valence-corrected chi connectivity index (χ0v) is 10.5. The molecule has 16 heavy (non-hydrogen) atoms. The minimum Gasteiger partial charge on any atom is -0.342 e. The molecule has 2 rings (SSSR count). The summed E-state index contributed by atoms with van der Waals surface area (Å²) in [5.74, 6) is 1.10. The van der Waals surface area contributed by atoms with E-state index in [1.54, 1.807) is 0 Å². The lowest BCUT2D eigenvalue weighted by Gasteiger charge is -2.26. The zero-order valence-electron chi connectivity index (χ0n) is 9.68. The number of carbonyl (C=O) groups excluding carboxylic acids is 1. The number of rotatable bonds is 1. The van der Waals surface area contributed by atoms with Gasteiger partial charge in [-0.3, -0.25) is 4.79 Å². The number of hydrogen-bond donors (Lipinski definition) is 0. The van der Waals surface area contributed by atoms with Crippen molar-refractivity contribution in [1.82, 2.24) is 4.90 Å². The predicted molar refractivity (Wildman–Crippen MR) is 61.7 cm³/mol. The van der Waals surface area contributed by atoms with Crippen molar-refractivity contribution in [3.05, 3.63) is 0 Å². The van der Waals surface area contributed by atoms with Crippen molar-refractivity contribution < 1.29 is 13.2 Å². The number of nitrogens with zero attached hydrogens (tertiary/aromatic N) is 1. The average molecular weight is 245 g/mol. The van der Waals surface area contributed by atoms with Crippen molar-refractivity contribution in [2.75, 3.05) is 24.6 Å². The molecule has 1 amide bonds. The smallest absolute Gasteiger partial charge is 0.225 e. The number of likely N-dealkylation sites (tertiary alicyclic amines) is 1. The summed E-state index contributed by atoms with van der Waals surface area (Å²) in [6.45, 7) is 3.85. The van der Waals surface area contributed by atoms with E-state index in [-0.39, 0.29) is 23.3 Å². The largest absolute Gasteiger partial charge is 0.342 e. The molecule has 0 spiro atoms. The van der Waals surface area contributed by atoms with E-state index in [1.165, 1.54) is 0 Å². The fourth-order valence-corrected chi connectivity index (χ4v) is 4.02. The van der Waals surface area contributed by atoms with Gasteiger partial charge in [0.05, 0.1) is 11.5 Å². The van der Waals surface area contributed by atoms with E-state index in [4.69, 9.17) is 0 Å². The lowest BCUT2D eigenvalue weighted by atomic mass is 10.0. The molecule has 2 aliphatic rings. The van der Waals surface area contributed by atoms with Crippen LogP contribution in [0.4, 0.5) is 0 Å². The third kappa shape index (κ3) is 2.56. The maximum atomic E-state index is 12.1. The third-order valence-corrected chi connectivity index (χ3v) is 5.35. The van der Waals surface area contributed by atoms with Gasteiger partial charge in [0, 0.05) is 19.0 Å². The summed E-state index contributed by atoms with van der Waals surface area (Å²) in [6, 6.07) is 0. The summed E-state index contributed by atoms with van der Waals surface area (Å²) in [7, 11) is -2.85. The second kappa shape index (κ2) is 4.35. The maximum absolute atomic E-state index is 12.1. The molecule has 0 bridgehead atoms. The standard InChI is InChI=1S/C11H19NO3S/c1-9-2-5-12(8-9)11(13)10-3-6-16(14,15)7-4-10/h9-10H,2-8H2,1H3/t9-/m0/s1. The van der Waals surface area contributed by atoms with Crippen LogP contribution in [0.25, 0.3) is 0 Å². The monoisotopic (exact) mass is 245 g/mol. The van der Waals surface area contributed by atoms with Gasteiger partial charge in [0.25, 0.3) is 0 Å². The molecule has 4 nitrogen and oxygen atoms in total. The highest BCUT2D eigenvalue weighted by molar-refractivity contribution is 7.91. The molecule has 5 heteroatoms. The number of carbonyl (C=O) groups is 1. The fraction of sp³-hybridized carbons (Fsp3) is 0.909. The molecular formula is C11H19NO3S.